The molecule has 1 aromatic heterocycles. The second-order valence-corrected chi connectivity index (χ2v) is 7.70. The highest BCUT2D eigenvalue weighted by molar-refractivity contribution is 7.89. The van der Waals surface area contributed by atoms with E-state index in [4.69, 9.17) is 4.74 Å². The van der Waals surface area contributed by atoms with E-state index in [1.807, 2.05) is 6.92 Å². The Morgan fingerprint density at radius 2 is 2.17 bits per heavy atom. The first-order valence-electron chi connectivity index (χ1n) is 7.53. The zero-order valence-electron chi connectivity index (χ0n) is 13.1. The molecule has 1 aliphatic rings. The molecule has 6 nitrogen and oxygen atoms in total. The monoisotopic (exact) mass is 336 g/mol. The van der Waals surface area contributed by atoms with Gasteiger partial charge in [0.1, 0.15) is 0 Å². The number of nitrogens with zero attached hydrogens (tertiary/aromatic N) is 2. The van der Waals surface area contributed by atoms with Crippen LogP contribution in [0.4, 0.5) is 0 Å². The second kappa shape index (κ2) is 6.16. The second-order valence-electron chi connectivity index (χ2n) is 5.84. The number of morpholine rings is 1. The Balaban J connectivity index is 2.11. The first kappa shape index (κ1) is 16.3. The van der Waals surface area contributed by atoms with Crippen LogP contribution >= 0.6 is 0 Å². The van der Waals surface area contributed by atoms with E-state index >= 15 is 0 Å². The molecule has 124 valence electrons. The van der Waals surface area contributed by atoms with Gasteiger partial charge in [0, 0.05) is 24.2 Å². The Morgan fingerprint density at radius 1 is 1.39 bits per heavy atom. The van der Waals surface area contributed by atoms with Crippen molar-refractivity contribution in [2.45, 2.75) is 30.9 Å². The van der Waals surface area contributed by atoms with Gasteiger partial charge in [0.2, 0.25) is 10.0 Å². The molecule has 0 radical (unpaired) electrons. The summed E-state index contributed by atoms with van der Waals surface area (Å²) in [5, 5.41) is 9.90. The number of aryl methyl sites for hydroxylation is 1. The lowest BCUT2D eigenvalue weighted by molar-refractivity contribution is -0.0516. The van der Waals surface area contributed by atoms with Crippen LogP contribution in [-0.4, -0.2) is 54.7 Å². The van der Waals surface area contributed by atoms with Gasteiger partial charge in [0.15, 0.2) is 0 Å². The minimum absolute atomic E-state index is 0.148. The highest BCUT2D eigenvalue weighted by Gasteiger charge is 2.36. The van der Waals surface area contributed by atoms with E-state index in [9.17, 15) is 13.5 Å². The molecule has 1 N–H and O–H groups in total. The van der Waals surface area contributed by atoms with E-state index in [2.05, 4.69) is 4.98 Å². The third kappa shape index (κ3) is 2.85. The van der Waals surface area contributed by atoms with Crippen molar-refractivity contribution >= 4 is 20.9 Å². The van der Waals surface area contributed by atoms with E-state index in [1.54, 1.807) is 37.4 Å². The number of sulfonamides is 1. The van der Waals surface area contributed by atoms with Gasteiger partial charge in [-0.3, -0.25) is 4.98 Å². The molecule has 0 unspecified atom stereocenters. The van der Waals surface area contributed by atoms with Crippen LogP contribution in [0.1, 0.15) is 12.5 Å². The fourth-order valence-electron chi connectivity index (χ4n) is 2.88. The smallest absolute Gasteiger partial charge is 0.244 e. The van der Waals surface area contributed by atoms with Crippen molar-refractivity contribution < 1.29 is 18.3 Å². The summed E-state index contributed by atoms with van der Waals surface area (Å²) in [5.74, 6) is 0. The summed E-state index contributed by atoms with van der Waals surface area (Å²) in [6, 6.07) is 6.63. The molecule has 2 atom stereocenters. The maximum absolute atomic E-state index is 13.1. The number of hydrogen-bond acceptors (Lipinski definition) is 5. The Labute approximate surface area is 135 Å². The highest BCUT2D eigenvalue weighted by Crippen LogP contribution is 2.29. The fourth-order valence-corrected chi connectivity index (χ4v) is 4.71. The standard InChI is InChI=1S/C16H20N2O4S/c1-11-5-6-15(14-4-3-7-17-16(11)14)23(20,21)18-8-13(9-19)22-10-12(18)2/h3-7,12-13,19H,8-10H2,1-2H3/t12-,13-/m0/s1. The van der Waals surface area contributed by atoms with Gasteiger partial charge in [-0.25, -0.2) is 8.42 Å². The molecule has 2 heterocycles. The van der Waals surface area contributed by atoms with Crippen molar-refractivity contribution in [1.29, 1.82) is 0 Å². The SMILES string of the molecule is Cc1ccc(S(=O)(=O)N2C[C@@H](CO)OC[C@@H]2C)c2cccnc12. The summed E-state index contributed by atoms with van der Waals surface area (Å²) in [6.45, 7) is 3.93. The van der Waals surface area contributed by atoms with E-state index in [-0.39, 0.29) is 30.7 Å². The first-order chi connectivity index (χ1) is 10.9. The predicted octanol–water partition coefficient (Wildman–Crippen LogP) is 1.31. The zero-order valence-corrected chi connectivity index (χ0v) is 14.0. The van der Waals surface area contributed by atoms with Gasteiger partial charge in [-0.15, -0.1) is 0 Å². The lowest BCUT2D eigenvalue weighted by Gasteiger charge is -2.36. The average molecular weight is 336 g/mol. The quantitative estimate of drug-likeness (QED) is 0.914. The molecular formula is C16H20N2O4S. The zero-order chi connectivity index (χ0) is 16.6. The minimum atomic E-state index is -3.70. The summed E-state index contributed by atoms with van der Waals surface area (Å²) in [7, 11) is -3.70. The van der Waals surface area contributed by atoms with Gasteiger partial charge >= 0.3 is 0 Å². The van der Waals surface area contributed by atoms with Gasteiger partial charge in [-0.05, 0) is 37.6 Å². The van der Waals surface area contributed by atoms with Crippen LogP contribution < -0.4 is 0 Å². The molecule has 0 spiro atoms. The molecular weight excluding hydrogens is 316 g/mol. The Morgan fingerprint density at radius 3 is 2.91 bits per heavy atom. The first-order valence-corrected chi connectivity index (χ1v) is 8.98. The molecule has 7 heteroatoms. The summed E-state index contributed by atoms with van der Waals surface area (Å²) in [6.07, 6.45) is 1.17. The van der Waals surface area contributed by atoms with Crippen LogP contribution in [0.2, 0.25) is 0 Å². The van der Waals surface area contributed by atoms with Crippen molar-refractivity contribution in [2.75, 3.05) is 19.8 Å². The van der Waals surface area contributed by atoms with Gasteiger partial charge in [-0.2, -0.15) is 4.31 Å². The lowest BCUT2D eigenvalue weighted by Crippen LogP contribution is -2.51. The normalized spacial score (nSPS) is 23.3. The molecule has 1 saturated heterocycles. The molecule has 23 heavy (non-hydrogen) atoms. The number of benzene rings is 1. The minimum Gasteiger partial charge on any atom is -0.394 e. The van der Waals surface area contributed by atoms with E-state index in [0.717, 1.165) is 5.56 Å². The topological polar surface area (TPSA) is 79.7 Å². The van der Waals surface area contributed by atoms with E-state index in [0.29, 0.717) is 10.9 Å². The van der Waals surface area contributed by atoms with Crippen molar-refractivity contribution in [3.63, 3.8) is 0 Å². The third-order valence-electron chi connectivity index (χ3n) is 4.17. The number of aromatic nitrogens is 1. The molecule has 1 aliphatic heterocycles. The predicted molar refractivity (Wildman–Crippen MR) is 86.7 cm³/mol. The number of ether oxygens (including phenoxy) is 1. The third-order valence-corrected chi connectivity index (χ3v) is 6.21. The van der Waals surface area contributed by atoms with Crippen LogP contribution in [-0.2, 0) is 14.8 Å². The molecule has 0 saturated carbocycles. The number of pyridine rings is 1. The summed E-state index contributed by atoms with van der Waals surface area (Å²) < 4.78 is 33.1. The van der Waals surface area contributed by atoms with Gasteiger partial charge < -0.3 is 9.84 Å². The van der Waals surface area contributed by atoms with Crippen LogP contribution in [0.5, 0.6) is 0 Å². The van der Waals surface area contributed by atoms with Crippen LogP contribution in [0.3, 0.4) is 0 Å². The molecule has 2 aromatic rings. The summed E-state index contributed by atoms with van der Waals surface area (Å²) >= 11 is 0. The number of hydrogen-bond donors (Lipinski definition) is 1. The van der Waals surface area contributed by atoms with Gasteiger partial charge in [-0.1, -0.05) is 6.07 Å². The van der Waals surface area contributed by atoms with Crippen molar-refractivity contribution in [2.24, 2.45) is 0 Å². The number of fused-ring (bicyclic) bond motifs is 1. The van der Waals surface area contributed by atoms with Crippen LogP contribution in [0.15, 0.2) is 35.4 Å². The molecule has 3 rings (SSSR count). The Hall–Kier alpha value is -1.54. The summed E-state index contributed by atoms with van der Waals surface area (Å²) in [4.78, 5) is 4.55. The van der Waals surface area contributed by atoms with Crippen molar-refractivity contribution in [3.05, 3.63) is 36.0 Å². The number of rotatable bonds is 3. The summed E-state index contributed by atoms with van der Waals surface area (Å²) in [5.41, 5.74) is 1.62. The average Bonchev–Trinajstić information content (AvgIpc) is 2.55. The van der Waals surface area contributed by atoms with Crippen LogP contribution in [0.25, 0.3) is 10.9 Å². The Kier molecular flexibility index (Phi) is 4.37. The fraction of sp³-hybridized carbons (Fsp3) is 0.438. The number of aliphatic hydroxyl groups is 1. The maximum atomic E-state index is 13.1. The number of aliphatic hydroxyl groups excluding tert-OH is 1. The molecule has 0 bridgehead atoms. The van der Waals surface area contributed by atoms with E-state index in [1.165, 1.54) is 4.31 Å². The maximum Gasteiger partial charge on any atom is 0.244 e. The Bertz CT molecular complexity index is 822. The van der Waals surface area contributed by atoms with Gasteiger partial charge in [0.25, 0.3) is 0 Å². The van der Waals surface area contributed by atoms with Gasteiger partial charge in [0.05, 0.1) is 29.7 Å². The van der Waals surface area contributed by atoms with Crippen molar-refractivity contribution in [1.82, 2.24) is 9.29 Å². The van der Waals surface area contributed by atoms with Crippen LogP contribution in [0, 0.1) is 6.92 Å². The molecule has 1 fully saturated rings. The molecule has 0 aliphatic carbocycles. The largest absolute Gasteiger partial charge is 0.394 e. The van der Waals surface area contributed by atoms with Crippen molar-refractivity contribution in [3.8, 4) is 0 Å². The van der Waals surface area contributed by atoms with E-state index < -0.39 is 16.1 Å². The molecule has 1 aromatic carbocycles. The lowest BCUT2D eigenvalue weighted by atomic mass is 10.1. The highest BCUT2D eigenvalue weighted by atomic mass is 32.2. The molecule has 0 amide bonds.